The van der Waals surface area contributed by atoms with E-state index >= 15 is 0 Å². The number of carboxylic acid groups (broad SMARTS) is 1. The van der Waals surface area contributed by atoms with E-state index in [0.29, 0.717) is 5.92 Å². The Hall–Kier alpha value is -1.02. The lowest BCUT2D eigenvalue weighted by Gasteiger charge is -2.31. The quantitative estimate of drug-likeness (QED) is 0.880. The Morgan fingerprint density at radius 2 is 1.88 bits per heavy atom. The predicted molar refractivity (Wildman–Crippen MR) is 68.4 cm³/mol. The highest BCUT2D eigenvalue weighted by Crippen LogP contribution is 2.39. The van der Waals surface area contributed by atoms with Crippen molar-refractivity contribution in [3.8, 4) is 0 Å². The third kappa shape index (κ3) is 3.22. The Morgan fingerprint density at radius 1 is 1.24 bits per heavy atom. The molecule has 1 N–H and O–H groups in total. The zero-order valence-corrected chi connectivity index (χ0v) is 10.5. The van der Waals surface area contributed by atoms with Crippen LogP contribution in [0.1, 0.15) is 43.6 Å². The van der Waals surface area contributed by atoms with Crippen LogP contribution in [0.5, 0.6) is 0 Å². The second-order valence-electron chi connectivity index (χ2n) is 4.80. The number of hydrogen-bond donors (Lipinski definition) is 1. The van der Waals surface area contributed by atoms with Gasteiger partial charge in [0.2, 0.25) is 0 Å². The summed E-state index contributed by atoms with van der Waals surface area (Å²) in [6, 6.07) is 7.85. The highest BCUT2D eigenvalue weighted by molar-refractivity contribution is 6.30. The van der Waals surface area contributed by atoms with Crippen LogP contribution in [0, 0.1) is 5.92 Å². The maximum absolute atomic E-state index is 10.9. The predicted octanol–water partition coefficient (Wildman–Crippen LogP) is 4.09. The molecule has 1 aliphatic rings. The summed E-state index contributed by atoms with van der Waals surface area (Å²) in [7, 11) is 0. The van der Waals surface area contributed by atoms with Crippen LogP contribution in [0.25, 0.3) is 0 Å². The van der Waals surface area contributed by atoms with Crippen LogP contribution in [0.4, 0.5) is 0 Å². The number of aliphatic carboxylic acids is 1. The van der Waals surface area contributed by atoms with Gasteiger partial charge in [0.05, 0.1) is 0 Å². The summed E-state index contributed by atoms with van der Waals surface area (Å²) >= 11 is 5.88. The van der Waals surface area contributed by atoms with Gasteiger partial charge >= 0.3 is 5.97 Å². The van der Waals surface area contributed by atoms with Gasteiger partial charge in [0, 0.05) is 11.4 Å². The Kier molecular flexibility index (Phi) is 4.06. The van der Waals surface area contributed by atoms with Crippen molar-refractivity contribution in [2.45, 2.75) is 38.0 Å². The Labute approximate surface area is 107 Å². The molecule has 0 radical (unpaired) electrons. The van der Waals surface area contributed by atoms with Crippen LogP contribution in [0.15, 0.2) is 24.3 Å². The van der Waals surface area contributed by atoms with Gasteiger partial charge in [-0.05, 0) is 42.4 Å². The SMILES string of the molecule is O=C(O)CC1CCCCC1c1ccc(Cl)cc1. The van der Waals surface area contributed by atoms with Gasteiger partial charge in [-0.3, -0.25) is 4.79 Å². The van der Waals surface area contributed by atoms with Gasteiger partial charge in [-0.15, -0.1) is 0 Å². The summed E-state index contributed by atoms with van der Waals surface area (Å²) < 4.78 is 0. The normalized spacial score (nSPS) is 24.5. The first kappa shape index (κ1) is 12.4. The lowest BCUT2D eigenvalue weighted by atomic mass is 9.74. The molecular formula is C14H17ClO2. The van der Waals surface area contributed by atoms with E-state index in [1.54, 1.807) is 0 Å². The van der Waals surface area contributed by atoms with Crippen molar-refractivity contribution < 1.29 is 9.90 Å². The summed E-state index contributed by atoms with van der Waals surface area (Å²) in [6.07, 6.45) is 4.76. The highest BCUT2D eigenvalue weighted by atomic mass is 35.5. The molecule has 2 atom stereocenters. The summed E-state index contributed by atoms with van der Waals surface area (Å²) in [5.74, 6) is -0.0181. The first-order valence-corrected chi connectivity index (χ1v) is 6.52. The first-order valence-electron chi connectivity index (χ1n) is 6.14. The minimum absolute atomic E-state index is 0.280. The van der Waals surface area contributed by atoms with Crippen LogP contribution in [0.3, 0.4) is 0 Å². The van der Waals surface area contributed by atoms with Gasteiger partial charge in [0.15, 0.2) is 0 Å². The largest absolute Gasteiger partial charge is 0.481 e. The van der Waals surface area contributed by atoms with E-state index in [1.165, 1.54) is 12.0 Å². The minimum Gasteiger partial charge on any atom is -0.481 e. The zero-order chi connectivity index (χ0) is 12.3. The molecule has 2 nitrogen and oxygen atoms in total. The van der Waals surface area contributed by atoms with Gasteiger partial charge in [-0.2, -0.15) is 0 Å². The monoisotopic (exact) mass is 252 g/mol. The maximum atomic E-state index is 10.9. The first-order chi connectivity index (χ1) is 8.16. The lowest BCUT2D eigenvalue weighted by molar-refractivity contribution is -0.138. The van der Waals surface area contributed by atoms with Crippen LogP contribution in [0.2, 0.25) is 5.02 Å². The number of carboxylic acids is 1. The number of hydrogen-bond acceptors (Lipinski definition) is 1. The van der Waals surface area contributed by atoms with Crippen molar-refractivity contribution in [3.05, 3.63) is 34.9 Å². The molecule has 0 spiro atoms. The fourth-order valence-electron chi connectivity index (χ4n) is 2.83. The molecule has 0 bridgehead atoms. The fourth-order valence-corrected chi connectivity index (χ4v) is 2.95. The number of halogens is 1. The highest BCUT2D eigenvalue weighted by Gasteiger charge is 2.28. The van der Waals surface area contributed by atoms with E-state index in [9.17, 15) is 4.79 Å². The topological polar surface area (TPSA) is 37.3 Å². The molecule has 0 amide bonds. The third-order valence-corrected chi connectivity index (χ3v) is 3.90. The molecule has 1 aliphatic carbocycles. The van der Waals surface area contributed by atoms with Crippen molar-refractivity contribution in [1.29, 1.82) is 0 Å². The lowest BCUT2D eigenvalue weighted by Crippen LogP contribution is -2.20. The molecule has 1 saturated carbocycles. The molecule has 1 aromatic carbocycles. The Morgan fingerprint density at radius 3 is 2.53 bits per heavy atom. The standard InChI is InChI=1S/C14H17ClO2/c15-12-7-5-10(6-8-12)13-4-2-1-3-11(13)9-14(16)17/h5-8,11,13H,1-4,9H2,(H,16,17). The van der Waals surface area contributed by atoms with Gasteiger partial charge in [0.25, 0.3) is 0 Å². The molecule has 2 unspecified atom stereocenters. The third-order valence-electron chi connectivity index (χ3n) is 3.64. The maximum Gasteiger partial charge on any atom is 0.303 e. The van der Waals surface area contributed by atoms with Crippen molar-refractivity contribution in [2.75, 3.05) is 0 Å². The average molecular weight is 253 g/mol. The number of carbonyl (C=O) groups is 1. The Bertz CT molecular complexity index is 386. The molecule has 0 aromatic heterocycles. The number of rotatable bonds is 3. The zero-order valence-electron chi connectivity index (χ0n) is 9.73. The van der Waals surface area contributed by atoms with Crippen LogP contribution in [-0.2, 0) is 4.79 Å². The second kappa shape index (κ2) is 5.54. The van der Waals surface area contributed by atoms with E-state index in [2.05, 4.69) is 0 Å². The Balaban J connectivity index is 2.15. The summed E-state index contributed by atoms with van der Waals surface area (Å²) in [6.45, 7) is 0. The van der Waals surface area contributed by atoms with Crippen LogP contribution < -0.4 is 0 Å². The van der Waals surface area contributed by atoms with Crippen LogP contribution >= 0.6 is 11.6 Å². The molecule has 0 saturated heterocycles. The van der Waals surface area contributed by atoms with Crippen molar-refractivity contribution >= 4 is 17.6 Å². The second-order valence-corrected chi connectivity index (χ2v) is 5.24. The molecule has 1 aromatic rings. The van der Waals surface area contributed by atoms with Gasteiger partial charge in [0.1, 0.15) is 0 Å². The molecule has 1 fully saturated rings. The van der Waals surface area contributed by atoms with E-state index < -0.39 is 5.97 Å². The molecule has 2 rings (SSSR count). The van der Waals surface area contributed by atoms with Gasteiger partial charge in [-0.1, -0.05) is 36.6 Å². The fraction of sp³-hybridized carbons (Fsp3) is 0.500. The molecular weight excluding hydrogens is 236 g/mol. The van der Waals surface area contributed by atoms with E-state index in [-0.39, 0.29) is 12.3 Å². The van der Waals surface area contributed by atoms with E-state index in [4.69, 9.17) is 16.7 Å². The molecule has 17 heavy (non-hydrogen) atoms. The summed E-state index contributed by atoms with van der Waals surface area (Å²) in [5, 5.41) is 9.69. The van der Waals surface area contributed by atoms with Gasteiger partial charge in [-0.25, -0.2) is 0 Å². The van der Waals surface area contributed by atoms with E-state index in [1.807, 2.05) is 24.3 Å². The van der Waals surface area contributed by atoms with Gasteiger partial charge < -0.3 is 5.11 Å². The smallest absolute Gasteiger partial charge is 0.303 e. The summed E-state index contributed by atoms with van der Waals surface area (Å²) in [5.41, 5.74) is 1.24. The van der Waals surface area contributed by atoms with Crippen molar-refractivity contribution in [1.82, 2.24) is 0 Å². The van der Waals surface area contributed by atoms with Crippen molar-refractivity contribution in [3.63, 3.8) is 0 Å². The molecule has 0 heterocycles. The molecule has 0 aliphatic heterocycles. The molecule has 92 valence electrons. The average Bonchev–Trinajstić information content (AvgIpc) is 2.30. The number of benzene rings is 1. The molecule has 3 heteroatoms. The van der Waals surface area contributed by atoms with Crippen LogP contribution in [-0.4, -0.2) is 11.1 Å². The van der Waals surface area contributed by atoms with Crippen molar-refractivity contribution in [2.24, 2.45) is 5.92 Å². The van der Waals surface area contributed by atoms with E-state index in [0.717, 1.165) is 24.3 Å². The minimum atomic E-state index is -0.684. The summed E-state index contributed by atoms with van der Waals surface area (Å²) in [4.78, 5) is 10.9.